The molecule has 4 aromatic rings. The van der Waals surface area contributed by atoms with Crippen LogP contribution >= 0.6 is 11.3 Å². The van der Waals surface area contributed by atoms with Crippen LogP contribution in [0.15, 0.2) is 59.6 Å². The molecule has 0 saturated heterocycles. The van der Waals surface area contributed by atoms with Gasteiger partial charge in [-0.05, 0) is 23.8 Å². The van der Waals surface area contributed by atoms with Gasteiger partial charge in [0.25, 0.3) is 5.91 Å². The number of aromatic nitrogens is 1. The fourth-order valence-corrected chi connectivity index (χ4v) is 4.97. The van der Waals surface area contributed by atoms with Gasteiger partial charge in [0.2, 0.25) is 0 Å². The summed E-state index contributed by atoms with van der Waals surface area (Å²) in [6.45, 7) is 3.40. The van der Waals surface area contributed by atoms with Gasteiger partial charge >= 0.3 is 5.97 Å². The molecule has 0 fully saturated rings. The number of esters is 1. The van der Waals surface area contributed by atoms with E-state index in [1.807, 2.05) is 53.1 Å². The van der Waals surface area contributed by atoms with Gasteiger partial charge in [0.05, 0.1) is 23.2 Å². The van der Waals surface area contributed by atoms with Gasteiger partial charge in [-0.3, -0.25) is 9.59 Å². The summed E-state index contributed by atoms with van der Waals surface area (Å²) in [5.74, 6) is 0.677. The van der Waals surface area contributed by atoms with Crippen LogP contribution in [0.2, 0.25) is 0 Å². The lowest BCUT2D eigenvalue weighted by atomic mass is 10.0. The van der Waals surface area contributed by atoms with E-state index in [-0.39, 0.29) is 18.3 Å². The first-order chi connectivity index (χ1) is 16.1. The fourth-order valence-electron chi connectivity index (χ4n) is 3.90. The van der Waals surface area contributed by atoms with E-state index >= 15 is 0 Å². The van der Waals surface area contributed by atoms with Crippen molar-refractivity contribution < 1.29 is 23.8 Å². The first kappa shape index (κ1) is 21.2. The second-order valence-electron chi connectivity index (χ2n) is 7.50. The van der Waals surface area contributed by atoms with Gasteiger partial charge in [0.1, 0.15) is 13.2 Å². The van der Waals surface area contributed by atoms with Gasteiger partial charge in [-0.25, -0.2) is 0 Å². The van der Waals surface area contributed by atoms with Crippen molar-refractivity contribution in [1.29, 1.82) is 0 Å². The quantitative estimate of drug-likeness (QED) is 0.413. The monoisotopic (exact) mass is 462 g/mol. The molecule has 2 heterocycles. The highest BCUT2D eigenvalue weighted by Gasteiger charge is 2.18. The number of hydrogen-bond donors (Lipinski definition) is 0. The summed E-state index contributed by atoms with van der Waals surface area (Å²) < 4.78 is 19.3. The lowest BCUT2D eigenvalue weighted by Gasteiger charge is -2.18. The van der Waals surface area contributed by atoms with Crippen LogP contribution < -0.4 is 14.3 Å². The molecular formula is C25H22N2O5S. The number of hydrogen-bond acceptors (Lipinski definition) is 6. The maximum atomic E-state index is 13.2. The second-order valence-corrected chi connectivity index (χ2v) is 8.51. The van der Waals surface area contributed by atoms with Crippen molar-refractivity contribution in [3.8, 4) is 11.5 Å². The third-order valence-corrected chi connectivity index (χ3v) is 6.45. The zero-order valence-corrected chi connectivity index (χ0v) is 18.9. The molecule has 168 valence electrons. The Labute approximate surface area is 193 Å². The molecule has 0 bridgehead atoms. The maximum Gasteiger partial charge on any atom is 0.307 e. The van der Waals surface area contributed by atoms with E-state index in [2.05, 4.69) is 4.99 Å². The fraction of sp³-hybridized carbons (Fsp3) is 0.240. The van der Waals surface area contributed by atoms with Crippen molar-refractivity contribution in [2.24, 2.45) is 4.99 Å². The Morgan fingerprint density at radius 1 is 1.06 bits per heavy atom. The van der Waals surface area contributed by atoms with E-state index in [0.29, 0.717) is 48.2 Å². The molecule has 5 rings (SSSR count). The van der Waals surface area contributed by atoms with Gasteiger partial charge in [-0.2, -0.15) is 4.99 Å². The lowest BCUT2D eigenvalue weighted by Crippen LogP contribution is -2.20. The average molecular weight is 463 g/mol. The number of benzene rings is 3. The summed E-state index contributed by atoms with van der Waals surface area (Å²) >= 11 is 1.38. The standard InChI is InChI=1S/C25H22N2O5S/c1-2-30-23(28)10-11-27-19-14-20-21(32-13-12-31-20)15-22(19)33-25(27)26-24(29)18-9-5-7-16-6-3-4-8-17(16)18/h3-9,14-15H,2,10-13H2,1H3. The summed E-state index contributed by atoms with van der Waals surface area (Å²) in [5.41, 5.74) is 1.37. The summed E-state index contributed by atoms with van der Waals surface area (Å²) in [5, 5.41) is 1.83. The highest BCUT2D eigenvalue weighted by Crippen LogP contribution is 2.35. The molecule has 0 spiro atoms. The Hall–Kier alpha value is -3.65. The van der Waals surface area contributed by atoms with Crippen LogP contribution in [0.3, 0.4) is 0 Å². The maximum absolute atomic E-state index is 13.2. The molecule has 1 aromatic heterocycles. The molecule has 8 heteroatoms. The number of amides is 1. The third-order valence-electron chi connectivity index (χ3n) is 5.41. The first-order valence-corrected chi connectivity index (χ1v) is 11.6. The molecule has 1 aliphatic rings. The van der Waals surface area contributed by atoms with Crippen LogP contribution in [0.25, 0.3) is 21.0 Å². The molecule has 1 amide bonds. The van der Waals surface area contributed by atoms with Crippen LogP contribution in [-0.2, 0) is 16.1 Å². The number of aryl methyl sites for hydroxylation is 1. The Balaban J connectivity index is 1.62. The summed E-state index contributed by atoms with van der Waals surface area (Å²) in [6.07, 6.45) is 0.170. The van der Waals surface area contributed by atoms with Crippen molar-refractivity contribution in [3.05, 3.63) is 65.0 Å². The zero-order chi connectivity index (χ0) is 22.8. The van der Waals surface area contributed by atoms with Crippen LogP contribution in [0, 0.1) is 0 Å². The molecule has 3 aromatic carbocycles. The van der Waals surface area contributed by atoms with E-state index in [1.165, 1.54) is 11.3 Å². The van der Waals surface area contributed by atoms with Crippen molar-refractivity contribution in [2.75, 3.05) is 19.8 Å². The Kier molecular flexibility index (Phi) is 5.83. The van der Waals surface area contributed by atoms with E-state index in [0.717, 1.165) is 21.0 Å². The largest absolute Gasteiger partial charge is 0.486 e. The van der Waals surface area contributed by atoms with Gasteiger partial charge < -0.3 is 18.8 Å². The van der Waals surface area contributed by atoms with E-state index < -0.39 is 0 Å². The molecule has 0 radical (unpaired) electrons. The molecule has 0 saturated carbocycles. The predicted molar refractivity (Wildman–Crippen MR) is 126 cm³/mol. The molecule has 0 unspecified atom stereocenters. The van der Waals surface area contributed by atoms with E-state index in [9.17, 15) is 9.59 Å². The second kappa shape index (κ2) is 9.07. The Morgan fingerprint density at radius 3 is 2.64 bits per heavy atom. The minimum absolute atomic E-state index is 0.170. The average Bonchev–Trinajstić information content (AvgIpc) is 3.16. The zero-order valence-electron chi connectivity index (χ0n) is 18.1. The molecule has 0 atom stereocenters. The topological polar surface area (TPSA) is 79.1 Å². The third kappa shape index (κ3) is 4.21. The summed E-state index contributed by atoms with van der Waals surface area (Å²) in [7, 11) is 0. The Bertz CT molecular complexity index is 1430. The molecule has 33 heavy (non-hydrogen) atoms. The highest BCUT2D eigenvalue weighted by atomic mass is 32.1. The van der Waals surface area contributed by atoms with Gasteiger partial charge in [0, 0.05) is 24.2 Å². The predicted octanol–water partition coefficient (Wildman–Crippen LogP) is 4.32. The van der Waals surface area contributed by atoms with Gasteiger partial charge in [0.15, 0.2) is 16.3 Å². The minimum atomic E-state index is -0.333. The first-order valence-electron chi connectivity index (χ1n) is 10.8. The van der Waals surface area contributed by atoms with Crippen LogP contribution in [0.4, 0.5) is 0 Å². The molecular weight excluding hydrogens is 440 g/mol. The van der Waals surface area contributed by atoms with Gasteiger partial charge in [-0.15, -0.1) is 0 Å². The van der Waals surface area contributed by atoms with Crippen molar-refractivity contribution in [3.63, 3.8) is 0 Å². The number of rotatable bonds is 5. The number of thiazole rings is 1. The van der Waals surface area contributed by atoms with Crippen molar-refractivity contribution in [2.45, 2.75) is 19.9 Å². The summed E-state index contributed by atoms with van der Waals surface area (Å²) in [4.78, 5) is 30.3. The van der Waals surface area contributed by atoms with Crippen LogP contribution in [-0.4, -0.2) is 36.3 Å². The Morgan fingerprint density at radius 2 is 1.82 bits per heavy atom. The number of nitrogens with zero attached hydrogens (tertiary/aromatic N) is 2. The van der Waals surface area contributed by atoms with E-state index in [1.54, 1.807) is 13.0 Å². The molecule has 1 aliphatic heterocycles. The minimum Gasteiger partial charge on any atom is -0.486 e. The smallest absolute Gasteiger partial charge is 0.307 e. The molecule has 0 aliphatic carbocycles. The van der Waals surface area contributed by atoms with E-state index in [4.69, 9.17) is 14.2 Å². The highest BCUT2D eigenvalue weighted by molar-refractivity contribution is 7.16. The summed E-state index contributed by atoms with van der Waals surface area (Å²) in [6, 6.07) is 17.1. The normalized spacial score (nSPS) is 13.4. The van der Waals surface area contributed by atoms with Gasteiger partial charge in [-0.1, -0.05) is 47.7 Å². The number of fused-ring (bicyclic) bond motifs is 3. The molecule has 7 nitrogen and oxygen atoms in total. The van der Waals surface area contributed by atoms with Crippen molar-refractivity contribution >= 4 is 44.2 Å². The SMILES string of the molecule is CCOC(=O)CCn1c(=NC(=O)c2cccc3ccccc23)sc2cc3c(cc21)OCCO3. The number of carbonyl (C=O) groups excluding carboxylic acids is 2. The number of carbonyl (C=O) groups is 2. The van der Waals surface area contributed by atoms with Crippen LogP contribution in [0.5, 0.6) is 11.5 Å². The van der Waals surface area contributed by atoms with Crippen molar-refractivity contribution in [1.82, 2.24) is 4.57 Å². The van der Waals surface area contributed by atoms with Crippen LogP contribution in [0.1, 0.15) is 23.7 Å². The molecule has 0 N–H and O–H groups in total. The lowest BCUT2D eigenvalue weighted by molar-refractivity contribution is -0.143. The number of ether oxygens (including phenoxy) is 3.